The van der Waals surface area contributed by atoms with Crippen molar-refractivity contribution in [3.05, 3.63) is 35.9 Å². The number of ether oxygens (including phenoxy) is 1. The molecule has 1 aliphatic rings. The number of hydrogen-bond acceptors (Lipinski definition) is 4. The average molecular weight is 264 g/mol. The van der Waals surface area contributed by atoms with Gasteiger partial charge in [0.2, 0.25) is 0 Å². The number of aliphatic hydroxyl groups is 1. The number of nitrogens with two attached hydrogens (primary N) is 1. The summed E-state index contributed by atoms with van der Waals surface area (Å²) in [5.74, 6) is 0. The summed E-state index contributed by atoms with van der Waals surface area (Å²) < 4.78 is 5.51. The molecule has 2 rings (SSSR count). The molecule has 0 aliphatic carbocycles. The molecule has 0 aromatic heterocycles. The first-order valence-electron chi connectivity index (χ1n) is 6.96. The average Bonchev–Trinajstić information content (AvgIpc) is 2.48. The third-order valence-electron chi connectivity index (χ3n) is 3.94. The fraction of sp³-hybridized carbons (Fsp3) is 0.600. The van der Waals surface area contributed by atoms with Gasteiger partial charge in [-0.2, -0.15) is 0 Å². The molecule has 0 saturated carbocycles. The zero-order valence-electron chi connectivity index (χ0n) is 11.6. The second-order valence-corrected chi connectivity index (χ2v) is 5.29. The van der Waals surface area contributed by atoms with Crippen LogP contribution in [0.25, 0.3) is 0 Å². The molecule has 19 heavy (non-hydrogen) atoms. The van der Waals surface area contributed by atoms with Crippen LogP contribution < -0.4 is 5.73 Å². The van der Waals surface area contributed by atoms with Gasteiger partial charge in [0.25, 0.3) is 0 Å². The van der Waals surface area contributed by atoms with Crippen LogP contribution in [0, 0.1) is 0 Å². The van der Waals surface area contributed by atoms with E-state index in [0.29, 0.717) is 12.6 Å². The first kappa shape index (κ1) is 14.5. The number of nitrogens with zero attached hydrogens (tertiary/aromatic N) is 1. The van der Waals surface area contributed by atoms with Crippen LogP contribution >= 0.6 is 0 Å². The molecule has 0 amide bonds. The summed E-state index contributed by atoms with van der Waals surface area (Å²) in [6, 6.07) is 10.2. The van der Waals surface area contributed by atoms with Gasteiger partial charge < -0.3 is 15.6 Å². The highest BCUT2D eigenvalue weighted by Crippen LogP contribution is 2.22. The molecule has 106 valence electrons. The third kappa shape index (κ3) is 3.34. The van der Waals surface area contributed by atoms with Crippen LogP contribution in [0.15, 0.2) is 30.3 Å². The van der Waals surface area contributed by atoms with E-state index in [1.807, 2.05) is 30.3 Å². The van der Waals surface area contributed by atoms with Crippen molar-refractivity contribution in [2.24, 2.45) is 5.73 Å². The molecule has 0 spiro atoms. The van der Waals surface area contributed by atoms with Crippen molar-refractivity contribution in [2.45, 2.75) is 24.9 Å². The predicted molar refractivity (Wildman–Crippen MR) is 75.9 cm³/mol. The number of hydrogen-bond donors (Lipinski definition) is 2. The van der Waals surface area contributed by atoms with Crippen LogP contribution in [0.1, 0.15) is 18.9 Å². The first-order valence-corrected chi connectivity index (χ1v) is 6.96. The Labute approximate surface area is 115 Å². The molecule has 1 aromatic carbocycles. The van der Waals surface area contributed by atoms with Gasteiger partial charge in [-0.25, -0.2) is 0 Å². The predicted octanol–water partition coefficient (Wildman–Crippen LogP) is 0.944. The maximum atomic E-state index is 9.75. The molecule has 1 saturated heterocycles. The fourth-order valence-corrected chi connectivity index (χ4v) is 2.64. The van der Waals surface area contributed by atoms with E-state index in [4.69, 9.17) is 10.5 Å². The Morgan fingerprint density at radius 1 is 1.42 bits per heavy atom. The zero-order chi connectivity index (χ0) is 13.7. The topological polar surface area (TPSA) is 58.7 Å². The van der Waals surface area contributed by atoms with Crippen LogP contribution in [0.4, 0.5) is 0 Å². The number of benzene rings is 1. The van der Waals surface area contributed by atoms with Crippen LogP contribution in [-0.4, -0.2) is 49.0 Å². The number of morpholine rings is 1. The van der Waals surface area contributed by atoms with Crippen molar-refractivity contribution in [3.8, 4) is 0 Å². The molecular weight excluding hydrogens is 240 g/mol. The fourth-order valence-electron chi connectivity index (χ4n) is 2.64. The van der Waals surface area contributed by atoms with Gasteiger partial charge in [0.1, 0.15) is 0 Å². The van der Waals surface area contributed by atoms with Gasteiger partial charge >= 0.3 is 0 Å². The molecule has 1 fully saturated rings. The van der Waals surface area contributed by atoms with Crippen molar-refractivity contribution in [1.82, 2.24) is 4.90 Å². The summed E-state index contributed by atoms with van der Waals surface area (Å²) in [5, 5.41) is 9.75. The van der Waals surface area contributed by atoms with Crippen molar-refractivity contribution < 1.29 is 9.84 Å². The Bertz CT molecular complexity index is 385. The molecule has 1 aromatic rings. The van der Waals surface area contributed by atoms with Crippen molar-refractivity contribution in [1.29, 1.82) is 0 Å². The summed E-state index contributed by atoms with van der Waals surface area (Å²) >= 11 is 0. The van der Waals surface area contributed by atoms with E-state index in [1.165, 1.54) is 0 Å². The minimum absolute atomic E-state index is 0.0508. The summed E-state index contributed by atoms with van der Waals surface area (Å²) in [4.78, 5) is 2.34. The van der Waals surface area contributed by atoms with Crippen LogP contribution in [0.2, 0.25) is 0 Å². The first-order chi connectivity index (χ1) is 9.19. The minimum atomic E-state index is -0.702. The lowest BCUT2D eigenvalue weighted by Gasteiger charge is -2.41. The van der Waals surface area contributed by atoms with Gasteiger partial charge in [-0.3, -0.25) is 4.90 Å². The van der Waals surface area contributed by atoms with E-state index >= 15 is 0 Å². The lowest BCUT2D eigenvalue weighted by atomic mass is 9.90. The van der Waals surface area contributed by atoms with Crippen LogP contribution in [0.3, 0.4) is 0 Å². The number of rotatable bonds is 5. The summed E-state index contributed by atoms with van der Waals surface area (Å²) in [6.45, 7) is 5.15. The largest absolute Gasteiger partial charge is 0.394 e. The van der Waals surface area contributed by atoms with E-state index in [0.717, 1.165) is 31.7 Å². The number of aliphatic hydroxyl groups excluding tert-OH is 1. The molecule has 0 radical (unpaired) electrons. The van der Waals surface area contributed by atoms with E-state index in [1.54, 1.807) is 0 Å². The van der Waals surface area contributed by atoms with Crippen molar-refractivity contribution >= 4 is 0 Å². The van der Waals surface area contributed by atoms with E-state index in [2.05, 4.69) is 11.8 Å². The van der Waals surface area contributed by atoms with Gasteiger partial charge in [-0.15, -0.1) is 0 Å². The van der Waals surface area contributed by atoms with Gasteiger partial charge in [0, 0.05) is 19.1 Å². The zero-order valence-corrected chi connectivity index (χ0v) is 11.6. The maximum Gasteiger partial charge on any atom is 0.0773 e. The Kier molecular flexibility index (Phi) is 4.93. The molecule has 2 atom stereocenters. The maximum absolute atomic E-state index is 9.75. The molecule has 0 bridgehead atoms. The SMILES string of the molecule is CCC1COCCN1CC(N)(CO)c1ccccc1. The lowest BCUT2D eigenvalue weighted by molar-refractivity contribution is -0.0236. The second-order valence-electron chi connectivity index (χ2n) is 5.29. The standard InChI is InChI=1S/C15H24N2O2/c1-2-14-10-19-9-8-17(14)11-15(16,12-18)13-6-4-3-5-7-13/h3-7,14,18H,2,8-12,16H2,1H3. The molecule has 3 N–H and O–H groups in total. The van der Waals surface area contributed by atoms with Crippen LogP contribution in [0.5, 0.6) is 0 Å². The monoisotopic (exact) mass is 264 g/mol. The summed E-state index contributed by atoms with van der Waals surface area (Å²) in [5.41, 5.74) is 6.72. The molecule has 4 nitrogen and oxygen atoms in total. The molecule has 2 unspecified atom stereocenters. The summed E-state index contributed by atoms with van der Waals surface area (Å²) in [6.07, 6.45) is 1.04. The van der Waals surface area contributed by atoms with E-state index < -0.39 is 5.54 Å². The second kappa shape index (κ2) is 6.48. The smallest absolute Gasteiger partial charge is 0.0773 e. The normalized spacial score (nSPS) is 24.1. The van der Waals surface area contributed by atoms with E-state index in [9.17, 15) is 5.11 Å². The molecule has 4 heteroatoms. The molecule has 1 aliphatic heterocycles. The van der Waals surface area contributed by atoms with Gasteiger partial charge in [-0.05, 0) is 12.0 Å². The van der Waals surface area contributed by atoms with Gasteiger partial charge in [0.15, 0.2) is 0 Å². The van der Waals surface area contributed by atoms with Crippen molar-refractivity contribution in [3.63, 3.8) is 0 Å². The highest BCUT2D eigenvalue weighted by molar-refractivity contribution is 5.24. The Morgan fingerprint density at radius 2 is 2.16 bits per heavy atom. The summed E-state index contributed by atoms with van der Waals surface area (Å²) in [7, 11) is 0. The molecular formula is C15H24N2O2. The van der Waals surface area contributed by atoms with E-state index in [-0.39, 0.29) is 6.61 Å². The Hall–Kier alpha value is -0.940. The highest BCUT2D eigenvalue weighted by Gasteiger charge is 2.32. The minimum Gasteiger partial charge on any atom is -0.394 e. The highest BCUT2D eigenvalue weighted by atomic mass is 16.5. The van der Waals surface area contributed by atoms with Crippen LogP contribution in [-0.2, 0) is 10.3 Å². The Morgan fingerprint density at radius 3 is 2.79 bits per heavy atom. The Balaban J connectivity index is 2.13. The third-order valence-corrected chi connectivity index (χ3v) is 3.94. The molecule has 1 heterocycles. The quantitative estimate of drug-likeness (QED) is 0.831. The lowest BCUT2D eigenvalue weighted by Crippen LogP contribution is -2.56. The van der Waals surface area contributed by atoms with Crippen molar-refractivity contribution in [2.75, 3.05) is 32.9 Å². The van der Waals surface area contributed by atoms with Gasteiger partial charge in [0.05, 0.1) is 25.4 Å². The van der Waals surface area contributed by atoms with Gasteiger partial charge in [-0.1, -0.05) is 37.3 Å².